The van der Waals surface area contributed by atoms with E-state index in [1.54, 1.807) is 11.6 Å². The molecule has 2 rings (SSSR count). The summed E-state index contributed by atoms with van der Waals surface area (Å²) < 4.78 is 38.0. The number of allylic oxidation sites excluding steroid dienone is 1. The lowest BCUT2D eigenvalue weighted by atomic mass is 9.80. The first-order valence-corrected chi connectivity index (χ1v) is 9.34. The Kier molecular flexibility index (Phi) is 7.49. The number of unbranched alkanes of at least 4 members (excludes halogenated alkanes) is 1. The molecule has 5 heteroatoms. The first-order valence-electron chi connectivity index (χ1n) is 8.52. The molecule has 0 bridgehead atoms. The summed E-state index contributed by atoms with van der Waals surface area (Å²) in [7, 11) is 0. The summed E-state index contributed by atoms with van der Waals surface area (Å²) in [6, 6.07) is 4.08. The molecule has 0 amide bonds. The Hall–Kier alpha value is -0.670. The standard InChI is InChI=1S/C19H23Cl2F3/c20-12-11-15-7-5-14(6-8-15)3-1-2-4-16-9-10-17(18(21)13-16)19(22,23)24/h9-15H,1-8H2. The van der Waals surface area contributed by atoms with E-state index in [9.17, 15) is 13.2 Å². The Balaban J connectivity index is 1.71. The second-order valence-corrected chi connectivity index (χ2v) is 7.32. The molecule has 0 unspecified atom stereocenters. The molecule has 0 spiro atoms. The zero-order valence-electron chi connectivity index (χ0n) is 13.6. The van der Waals surface area contributed by atoms with E-state index in [1.807, 2.05) is 0 Å². The van der Waals surface area contributed by atoms with Crippen LogP contribution in [0, 0.1) is 11.8 Å². The molecule has 1 aromatic carbocycles. The molecule has 1 fully saturated rings. The van der Waals surface area contributed by atoms with Gasteiger partial charge in [-0.3, -0.25) is 0 Å². The van der Waals surface area contributed by atoms with E-state index in [2.05, 4.69) is 6.08 Å². The van der Waals surface area contributed by atoms with E-state index in [0.717, 1.165) is 36.8 Å². The van der Waals surface area contributed by atoms with E-state index in [-0.39, 0.29) is 5.02 Å². The molecule has 1 aliphatic carbocycles. The molecular weight excluding hydrogens is 356 g/mol. The van der Waals surface area contributed by atoms with E-state index in [4.69, 9.17) is 23.2 Å². The van der Waals surface area contributed by atoms with Crippen LogP contribution in [0.3, 0.4) is 0 Å². The lowest BCUT2D eigenvalue weighted by Gasteiger charge is -2.26. The Bertz CT molecular complexity index is 544. The van der Waals surface area contributed by atoms with Crippen molar-refractivity contribution in [1.82, 2.24) is 0 Å². The third-order valence-corrected chi connectivity index (χ3v) is 5.36. The Morgan fingerprint density at radius 2 is 1.79 bits per heavy atom. The highest BCUT2D eigenvalue weighted by Crippen LogP contribution is 2.35. The van der Waals surface area contributed by atoms with Gasteiger partial charge in [0.2, 0.25) is 0 Å². The minimum absolute atomic E-state index is 0.203. The average Bonchev–Trinajstić information content (AvgIpc) is 2.52. The molecule has 0 heterocycles. The molecule has 134 valence electrons. The van der Waals surface area contributed by atoms with Gasteiger partial charge in [-0.2, -0.15) is 13.2 Å². The van der Waals surface area contributed by atoms with Crippen LogP contribution < -0.4 is 0 Å². The topological polar surface area (TPSA) is 0 Å². The summed E-state index contributed by atoms with van der Waals surface area (Å²) in [5.41, 5.74) is 1.75. The van der Waals surface area contributed by atoms with Crippen molar-refractivity contribution in [3.05, 3.63) is 46.0 Å². The summed E-state index contributed by atoms with van der Waals surface area (Å²) in [5.74, 6) is 1.41. The number of rotatable bonds is 6. The van der Waals surface area contributed by atoms with Gasteiger partial charge in [0.15, 0.2) is 0 Å². The van der Waals surface area contributed by atoms with Crippen LogP contribution in [0.25, 0.3) is 0 Å². The summed E-state index contributed by atoms with van der Waals surface area (Å²) in [6.45, 7) is 0. The molecule has 0 saturated heterocycles. The zero-order valence-corrected chi connectivity index (χ0v) is 15.1. The predicted molar refractivity (Wildman–Crippen MR) is 94.5 cm³/mol. The smallest absolute Gasteiger partial charge is 0.166 e. The summed E-state index contributed by atoms with van der Waals surface area (Å²) >= 11 is 11.4. The van der Waals surface area contributed by atoms with Gasteiger partial charge in [0, 0.05) is 5.54 Å². The summed E-state index contributed by atoms with van der Waals surface area (Å²) in [5, 5.41) is -0.203. The number of halogens is 5. The van der Waals surface area contributed by atoms with E-state index in [0.29, 0.717) is 5.92 Å². The van der Waals surface area contributed by atoms with Crippen LogP contribution in [0.15, 0.2) is 29.8 Å². The highest BCUT2D eigenvalue weighted by atomic mass is 35.5. The third kappa shape index (κ3) is 6.00. The molecule has 1 aliphatic rings. The van der Waals surface area contributed by atoms with Gasteiger partial charge in [-0.1, -0.05) is 48.2 Å². The van der Waals surface area contributed by atoms with Crippen molar-refractivity contribution in [1.29, 1.82) is 0 Å². The second kappa shape index (κ2) is 9.15. The first-order chi connectivity index (χ1) is 11.4. The van der Waals surface area contributed by atoms with Crippen molar-refractivity contribution in [3.8, 4) is 0 Å². The predicted octanol–water partition coefficient (Wildman–Crippen LogP) is 7.63. The number of hydrogen-bond donors (Lipinski definition) is 0. The van der Waals surface area contributed by atoms with Gasteiger partial charge in [-0.05, 0) is 68.1 Å². The van der Waals surface area contributed by atoms with Crippen LogP contribution in [0.1, 0.15) is 56.1 Å². The van der Waals surface area contributed by atoms with Crippen molar-refractivity contribution >= 4 is 23.2 Å². The van der Waals surface area contributed by atoms with Gasteiger partial charge >= 0.3 is 6.18 Å². The second-order valence-electron chi connectivity index (χ2n) is 6.66. The largest absolute Gasteiger partial charge is 0.417 e. The Labute approximate surface area is 152 Å². The minimum atomic E-state index is -4.38. The number of aryl methyl sites for hydroxylation is 1. The van der Waals surface area contributed by atoms with Gasteiger partial charge < -0.3 is 0 Å². The van der Waals surface area contributed by atoms with E-state index >= 15 is 0 Å². The highest BCUT2D eigenvalue weighted by molar-refractivity contribution is 6.31. The fraction of sp³-hybridized carbons (Fsp3) is 0.579. The van der Waals surface area contributed by atoms with Gasteiger partial charge in [0.25, 0.3) is 0 Å². The molecule has 1 saturated carbocycles. The number of hydrogen-bond acceptors (Lipinski definition) is 0. The summed E-state index contributed by atoms with van der Waals surface area (Å²) in [6.07, 6.45) is 6.70. The van der Waals surface area contributed by atoms with Gasteiger partial charge in [0.05, 0.1) is 10.6 Å². The van der Waals surface area contributed by atoms with Gasteiger partial charge in [-0.15, -0.1) is 0 Å². The van der Waals surface area contributed by atoms with Crippen LogP contribution in [-0.4, -0.2) is 0 Å². The van der Waals surface area contributed by atoms with Gasteiger partial charge in [-0.25, -0.2) is 0 Å². The van der Waals surface area contributed by atoms with Crippen molar-refractivity contribution in [3.63, 3.8) is 0 Å². The quantitative estimate of drug-likeness (QED) is 0.446. The number of alkyl halides is 3. The molecule has 1 aromatic rings. The maximum atomic E-state index is 12.7. The molecule has 0 nitrogen and oxygen atoms in total. The lowest BCUT2D eigenvalue weighted by Crippen LogP contribution is -2.13. The zero-order chi connectivity index (χ0) is 17.6. The maximum Gasteiger partial charge on any atom is 0.417 e. The van der Waals surface area contributed by atoms with Gasteiger partial charge in [0.1, 0.15) is 0 Å². The van der Waals surface area contributed by atoms with E-state index < -0.39 is 11.7 Å². The number of benzene rings is 1. The molecule has 0 atom stereocenters. The lowest BCUT2D eigenvalue weighted by molar-refractivity contribution is -0.137. The van der Waals surface area contributed by atoms with Crippen LogP contribution in [0.5, 0.6) is 0 Å². The molecule has 24 heavy (non-hydrogen) atoms. The van der Waals surface area contributed by atoms with Crippen molar-refractivity contribution in [2.45, 2.75) is 57.5 Å². The van der Waals surface area contributed by atoms with Crippen molar-refractivity contribution < 1.29 is 13.2 Å². The van der Waals surface area contributed by atoms with Crippen LogP contribution in [0.2, 0.25) is 5.02 Å². The third-order valence-electron chi connectivity index (χ3n) is 4.90. The normalized spacial score (nSPS) is 22.2. The monoisotopic (exact) mass is 378 g/mol. The average molecular weight is 379 g/mol. The van der Waals surface area contributed by atoms with Crippen LogP contribution in [0.4, 0.5) is 13.2 Å². The van der Waals surface area contributed by atoms with Crippen molar-refractivity contribution in [2.75, 3.05) is 0 Å². The van der Waals surface area contributed by atoms with Crippen LogP contribution >= 0.6 is 23.2 Å². The molecule has 0 aliphatic heterocycles. The van der Waals surface area contributed by atoms with E-state index in [1.165, 1.54) is 38.2 Å². The van der Waals surface area contributed by atoms with Crippen LogP contribution in [-0.2, 0) is 12.6 Å². The molecule has 0 aromatic heterocycles. The molecular formula is C19H23Cl2F3. The summed E-state index contributed by atoms with van der Waals surface area (Å²) in [4.78, 5) is 0. The first kappa shape index (κ1) is 19.7. The molecule has 0 N–H and O–H groups in total. The SMILES string of the molecule is FC(F)(F)c1ccc(CCCCC2CCC(C=CCl)CC2)cc1Cl. The molecule has 0 radical (unpaired) electrons. The Morgan fingerprint density at radius 3 is 2.38 bits per heavy atom. The highest BCUT2D eigenvalue weighted by Gasteiger charge is 2.32. The maximum absolute atomic E-state index is 12.7. The Morgan fingerprint density at radius 1 is 1.08 bits per heavy atom. The van der Waals surface area contributed by atoms with Crippen molar-refractivity contribution in [2.24, 2.45) is 11.8 Å². The fourth-order valence-electron chi connectivity index (χ4n) is 3.48. The minimum Gasteiger partial charge on any atom is -0.166 e. The fourth-order valence-corrected chi connectivity index (χ4v) is 3.99.